The van der Waals surface area contributed by atoms with E-state index in [1.54, 1.807) is 46.5 Å². The van der Waals surface area contributed by atoms with Gasteiger partial charge in [0.1, 0.15) is 18.4 Å². The van der Waals surface area contributed by atoms with Crippen molar-refractivity contribution < 1.29 is 45.0 Å². The molecule has 0 atom stereocenters. The summed E-state index contributed by atoms with van der Waals surface area (Å²) in [5, 5.41) is 0.716. The van der Waals surface area contributed by atoms with Crippen LogP contribution < -0.4 is 9.30 Å². The summed E-state index contributed by atoms with van der Waals surface area (Å²) < 4.78 is 66.1. The van der Waals surface area contributed by atoms with Gasteiger partial charge in [-0.05, 0) is 12.1 Å². The molecule has 1 aromatic heterocycles. The third-order valence-corrected chi connectivity index (χ3v) is 4.12. The van der Waals surface area contributed by atoms with E-state index < -0.39 is 21.7 Å². The molecular formula is C17H20F3N3O6S. The number of carbonyl (C=O) groups is 2. The van der Waals surface area contributed by atoms with Crippen LogP contribution in [0.3, 0.4) is 0 Å². The van der Waals surface area contributed by atoms with Gasteiger partial charge in [0.05, 0.1) is 5.39 Å². The van der Waals surface area contributed by atoms with Gasteiger partial charge in [-0.3, -0.25) is 4.79 Å². The molecule has 0 N–H and O–H groups in total. The summed E-state index contributed by atoms with van der Waals surface area (Å²) in [6.45, 7) is 0. The van der Waals surface area contributed by atoms with Crippen LogP contribution in [-0.4, -0.2) is 68.5 Å². The summed E-state index contributed by atoms with van der Waals surface area (Å²) in [6, 6.07) is 7.18. The second-order valence-electron chi connectivity index (χ2n) is 6.39. The van der Waals surface area contributed by atoms with Gasteiger partial charge in [-0.25, -0.2) is 17.8 Å². The molecule has 0 aliphatic heterocycles. The minimum atomic E-state index is -6.09. The molecule has 0 unspecified atom stereocenters. The molecule has 0 spiro atoms. The Hall–Kier alpha value is -2.93. The summed E-state index contributed by atoms with van der Waals surface area (Å²) >= 11 is 0. The minimum absolute atomic E-state index is 0.105. The van der Waals surface area contributed by atoms with E-state index in [1.165, 1.54) is 9.80 Å². The van der Waals surface area contributed by atoms with Crippen molar-refractivity contribution >= 4 is 33.0 Å². The maximum Gasteiger partial charge on any atom is 0.485 e. The first kappa shape index (κ1) is 25.1. The predicted molar refractivity (Wildman–Crippen MR) is 98.6 cm³/mol. The maximum atomic E-state index is 12.2. The van der Waals surface area contributed by atoms with Crippen molar-refractivity contribution in [1.82, 2.24) is 9.80 Å². The molecule has 13 heteroatoms. The number of carbonyl (C=O) groups excluding carboxylic acids is 2. The summed E-state index contributed by atoms with van der Waals surface area (Å²) in [7, 11) is 2.40. The zero-order valence-electron chi connectivity index (χ0n) is 16.7. The van der Waals surface area contributed by atoms with E-state index in [4.69, 9.17) is 17.7 Å². The number of rotatable bonds is 2. The highest BCUT2D eigenvalue weighted by Gasteiger charge is 2.36. The average molecular weight is 451 g/mol. The SMILES string of the molecule is CN(C)C(=O)Oc1cccc2c1cc(C(=O)N(C)C)c[n+]2C.O=S(=O)([O-])C(F)(F)F. The number of alkyl halides is 3. The Bertz CT molecular complexity index is 1050. The molecule has 0 fully saturated rings. The van der Waals surface area contributed by atoms with E-state index >= 15 is 0 Å². The monoisotopic (exact) mass is 451 g/mol. The first-order chi connectivity index (χ1) is 13.6. The maximum absolute atomic E-state index is 12.2. The lowest BCUT2D eigenvalue weighted by atomic mass is 10.1. The van der Waals surface area contributed by atoms with Gasteiger partial charge in [-0.2, -0.15) is 13.2 Å². The van der Waals surface area contributed by atoms with Gasteiger partial charge >= 0.3 is 11.6 Å². The Morgan fingerprint density at radius 1 is 1.10 bits per heavy atom. The average Bonchev–Trinajstić information content (AvgIpc) is 2.60. The van der Waals surface area contributed by atoms with Crippen molar-refractivity contribution in [1.29, 1.82) is 0 Å². The number of hydrogen-bond donors (Lipinski definition) is 0. The number of aryl methyl sites for hydroxylation is 1. The second kappa shape index (κ2) is 9.26. The first-order valence-corrected chi connectivity index (χ1v) is 9.52. The Labute approximate surface area is 171 Å². The van der Waals surface area contributed by atoms with Crippen LogP contribution in [0.2, 0.25) is 0 Å². The fourth-order valence-electron chi connectivity index (χ4n) is 2.11. The van der Waals surface area contributed by atoms with Gasteiger partial charge in [-0.15, -0.1) is 0 Å². The predicted octanol–water partition coefficient (Wildman–Crippen LogP) is 1.48. The smallest absolute Gasteiger partial charge is 0.485 e. The van der Waals surface area contributed by atoms with E-state index in [0.717, 1.165) is 5.52 Å². The molecule has 1 heterocycles. The van der Waals surface area contributed by atoms with Crippen LogP contribution >= 0.6 is 0 Å². The molecule has 2 aromatic rings. The number of aromatic nitrogens is 1. The van der Waals surface area contributed by atoms with Crippen LogP contribution in [0.25, 0.3) is 10.9 Å². The van der Waals surface area contributed by atoms with Crippen molar-refractivity contribution in [2.75, 3.05) is 28.2 Å². The van der Waals surface area contributed by atoms with Crippen molar-refractivity contribution in [3.63, 3.8) is 0 Å². The Kier molecular flexibility index (Phi) is 7.75. The van der Waals surface area contributed by atoms with E-state index in [1.807, 2.05) is 23.7 Å². The molecule has 0 radical (unpaired) electrons. The van der Waals surface area contributed by atoms with E-state index in [2.05, 4.69) is 0 Å². The number of halogens is 3. The lowest BCUT2D eigenvalue weighted by Gasteiger charge is -2.13. The van der Waals surface area contributed by atoms with Gasteiger partial charge in [0.15, 0.2) is 16.3 Å². The third kappa shape index (κ3) is 6.29. The molecule has 166 valence electrons. The number of pyridine rings is 1. The van der Waals surface area contributed by atoms with Crippen LogP contribution in [0, 0.1) is 0 Å². The fourth-order valence-corrected chi connectivity index (χ4v) is 2.11. The van der Waals surface area contributed by atoms with E-state index in [9.17, 15) is 22.8 Å². The number of nitrogens with zero attached hydrogens (tertiary/aromatic N) is 3. The number of benzene rings is 1. The number of amides is 2. The topological polar surface area (TPSA) is 111 Å². The first-order valence-electron chi connectivity index (χ1n) is 8.11. The Morgan fingerprint density at radius 2 is 1.63 bits per heavy atom. The molecule has 1 aromatic carbocycles. The number of hydrogen-bond acceptors (Lipinski definition) is 6. The molecule has 2 amide bonds. The van der Waals surface area contributed by atoms with Crippen molar-refractivity contribution in [3.8, 4) is 5.75 Å². The van der Waals surface area contributed by atoms with Crippen LogP contribution in [0.5, 0.6) is 5.75 Å². The number of ether oxygens (including phenoxy) is 1. The molecule has 0 aliphatic rings. The summed E-state index contributed by atoms with van der Waals surface area (Å²) in [4.78, 5) is 26.8. The highest BCUT2D eigenvalue weighted by atomic mass is 32.2. The molecular weight excluding hydrogens is 431 g/mol. The number of fused-ring (bicyclic) bond motifs is 1. The van der Waals surface area contributed by atoms with Crippen molar-refractivity contribution in [2.45, 2.75) is 5.51 Å². The Morgan fingerprint density at radius 3 is 2.07 bits per heavy atom. The largest absolute Gasteiger partial charge is 0.741 e. The van der Waals surface area contributed by atoms with Crippen LogP contribution in [-0.2, 0) is 17.2 Å². The molecule has 30 heavy (non-hydrogen) atoms. The van der Waals surface area contributed by atoms with E-state index in [-0.39, 0.29) is 5.91 Å². The van der Waals surface area contributed by atoms with Crippen molar-refractivity contribution in [3.05, 3.63) is 36.0 Å². The molecule has 0 saturated carbocycles. The molecule has 0 saturated heterocycles. The standard InChI is InChI=1S/C16H20N3O3.CHF3O3S/c1-17(2)15(20)11-9-12-13(19(5)10-11)7-6-8-14(12)22-16(21)18(3)4;2-1(3,4)8(5,6)7/h6-10H,1-5H3;(H,5,6,7)/q+1;/p-1. The van der Waals surface area contributed by atoms with Gasteiger partial charge in [0.2, 0.25) is 5.52 Å². The summed E-state index contributed by atoms with van der Waals surface area (Å²) in [6.07, 6.45) is 1.31. The Balaban J connectivity index is 0.000000479. The quantitative estimate of drug-likeness (QED) is 0.389. The fraction of sp³-hybridized carbons (Fsp3) is 0.353. The highest BCUT2D eigenvalue weighted by Crippen LogP contribution is 2.25. The van der Waals surface area contributed by atoms with Crippen LogP contribution in [0.1, 0.15) is 10.4 Å². The van der Waals surface area contributed by atoms with E-state index in [0.29, 0.717) is 16.7 Å². The molecule has 2 rings (SSSR count). The molecule has 0 aliphatic carbocycles. The molecule has 9 nitrogen and oxygen atoms in total. The van der Waals surface area contributed by atoms with Gasteiger partial charge < -0.3 is 19.1 Å². The normalized spacial score (nSPS) is 11.4. The van der Waals surface area contributed by atoms with Crippen LogP contribution in [0.15, 0.2) is 30.5 Å². The summed E-state index contributed by atoms with van der Waals surface area (Å²) in [5.74, 6) is 0.325. The lowest BCUT2D eigenvalue weighted by Crippen LogP contribution is -2.32. The minimum Gasteiger partial charge on any atom is -0.741 e. The van der Waals surface area contributed by atoms with Gasteiger partial charge in [0, 0.05) is 34.3 Å². The second-order valence-corrected chi connectivity index (χ2v) is 7.76. The third-order valence-electron chi connectivity index (χ3n) is 3.55. The van der Waals surface area contributed by atoms with Crippen molar-refractivity contribution in [2.24, 2.45) is 7.05 Å². The highest BCUT2D eigenvalue weighted by molar-refractivity contribution is 7.86. The zero-order chi connectivity index (χ0) is 23.4. The zero-order valence-corrected chi connectivity index (χ0v) is 17.5. The van der Waals surface area contributed by atoms with Crippen LogP contribution in [0.4, 0.5) is 18.0 Å². The van der Waals surface area contributed by atoms with Gasteiger partial charge in [-0.1, -0.05) is 6.07 Å². The van der Waals surface area contributed by atoms with Gasteiger partial charge in [0.25, 0.3) is 5.91 Å². The summed E-state index contributed by atoms with van der Waals surface area (Å²) in [5.41, 5.74) is -4.24. The lowest BCUT2D eigenvalue weighted by molar-refractivity contribution is -0.645. The molecule has 0 bridgehead atoms.